The van der Waals surface area contributed by atoms with Crippen molar-refractivity contribution >= 4 is 5.91 Å². The Labute approximate surface area is 134 Å². The first-order valence-electron chi connectivity index (χ1n) is 7.90. The minimum Gasteiger partial charge on any atom is -0.342 e. The summed E-state index contributed by atoms with van der Waals surface area (Å²) < 4.78 is 38.3. The minimum absolute atomic E-state index is 0.0218. The van der Waals surface area contributed by atoms with Gasteiger partial charge in [-0.1, -0.05) is 25.1 Å². The average molecular weight is 328 g/mol. The number of benzene rings is 1. The van der Waals surface area contributed by atoms with Gasteiger partial charge in [0.25, 0.3) is 0 Å². The minimum atomic E-state index is -4.35. The lowest BCUT2D eigenvalue weighted by molar-refractivity contribution is -0.137. The number of alkyl halides is 3. The first kappa shape index (κ1) is 17.8. The second-order valence-electron chi connectivity index (χ2n) is 6.28. The highest BCUT2D eigenvalue weighted by molar-refractivity contribution is 5.77. The molecule has 1 aliphatic heterocycles. The van der Waals surface area contributed by atoms with Gasteiger partial charge in [-0.2, -0.15) is 13.2 Å². The van der Waals surface area contributed by atoms with Crippen LogP contribution in [0.5, 0.6) is 0 Å². The Hall–Kier alpha value is -1.56. The highest BCUT2D eigenvalue weighted by Crippen LogP contribution is 2.32. The molecule has 1 N–H and O–H groups in total. The molecule has 6 heteroatoms. The molecule has 1 saturated heterocycles. The predicted molar refractivity (Wildman–Crippen MR) is 83.1 cm³/mol. The summed E-state index contributed by atoms with van der Waals surface area (Å²) in [5, 5.41) is 3.11. The van der Waals surface area contributed by atoms with E-state index in [1.54, 1.807) is 13.0 Å². The number of rotatable bonds is 5. The largest absolute Gasteiger partial charge is 0.416 e. The molecule has 2 unspecified atom stereocenters. The highest BCUT2D eigenvalue weighted by atomic mass is 19.4. The lowest BCUT2D eigenvalue weighted by atomic mass is 9.95. The monoisotopic (exact) mass is 328 g/mol. The van der Waals surface area contributed by atoms with E-state index < -0.39 is 11.7 Å². The van der Waals surface area contributed by atoms with Gasteiger partial charge in [-0.15, -0.1) is 0 Å². The van der Waals surface area contributed by atoms with E-state index in [1.807, 2.05) is 11.9 Å². The summed E-state index contributed by atoms with van der Waals surface area (Å²) in [7, 11) is 1.89. The normalized spacial score (nSPS) is 19.9. The van der Waals surface area contributed by atoms with E-state index in [4.69, 9.17) is 0 Å². The van der Waals surface area contributed by atoms with Gasteiger partial charge in [-0.3, -0.25) is 4.79 Å². The van der Waals surface area contributed by atoms with Crippen LogP contribution in [0.4, 0.5) is 13.2 Å². The zero-order valence-corrected chi connectivity index (χ0v) is 13.5. The Kier molecular flexibility index (Phi) is 5.68. The van der Waals surface area contributed by atoms with Crippen LogP contribution < -0.4 is 5.32 Å². The third-order valence-corrected chi connectivity index (χ3v) is 4.40. The second kappa shape index (κ2) is 7.34. The molecule has 1 aromatic rings. The summed E-state index contributed by atoms with van der Waals surface area (Å²) in [6, 6.07) is 5.26. The third-order valence-electron chi connectivity index (χ3n) is 4.40. The molecule has 0 bridgehead atoms. The van der Waals surface area contributed by atoms with Crippen molar-refractivity contribution in [3.63, 3.8) is 0 Å². The van der Waals surface area contributed by atoms with E-state index in [0.717, 1.165) is 38.2 Å². The lowest BCUT2D eigenvalue weighted by Gasteiger charge is -2.20. The molecule has 3 nitrogen and oxygen atoms in total. The standard InChI is InChI=1S/C17H23F3N2O/c1-12(14-4-3-5-15(9-14)17(18,19)20)8-16(23)22-7-6-13(11-22)10-21-2/h3-5,9,12-13,21H,6-8,10-11H2,1-2H3. The molecular weight excluding hydrogens is 305 g/mol. The van der Waals surface area contributed by atoms with Crippen molar-refractivity contribution in [2.45, 2.75) is 31.9 Å². The van der Waals surface area contributed by atoms with Crippen LogP contribution in [0.25, 0.3) is 0 Å². The van der Waals surface area contributed by atoms with E-state index in [0.29, 0.717) is 11.5 Å². The van der Waals surface area contributed by atoms with Crippen LogP contribution in [0.1, 0.15) is 36.8 Å². The van der Waals surface area contributed by atoms with Gasteiger partial charge in [0.1, 0.15) is 0 Å². The molecule has 0 aromatic heterocycles. The fourth-order valence-electron chi connectivity index (χ4n) is 3.04. The number of amides is 1. The van der Waals surface area contributed by atoms with E-state index in [1.165, 1.54) is 6.07 Å². The van der Waals surface area contributed by atoms with Crippen LogP contribution in [0.15, 0.2) is 24.3 Å². The number of halogens is 3. The second-order valence-corrected chi connectivity index (χ2v) is 6.28. The molecule has 2 atom stereocenters. The first-order chi connectivity index (χ1) is 10.8. The molecule has 0 spiro atoms. The summed E-state index contributed by atoms with van der Waals surface area (Å²) in [5.41, 5.74) is -0.108. The molecule has 1 heterocycles. The maximum Gasteiger partial charge on any atom is 0.416 e. The fourth-order valence-corrected chi connectivity index (χ4v) is 3.04. The number of hydrogen-bond acceptors (Lipinski definition) is 2. The predicted octanol–water partition coefficient (Wildman–Crippen LogP) is 3.27. The molecule has 1 aromatic carbocycles. The highest BCUT2D eigenvalue weighted by Gasteiger charge is 2.31. The molecule has 1 amide bonds. The first-order valence-corrected chi connectivity index (χ1v) is 7.90. The maximum atomic E-state index is 12.8. The fraction of sp³-hybridized carbons (Fsp3) is 0.588. The van der Waals surface area contributed by atoms with Crippen molar-refractivity contribution in [3.8, 4) is 0 Å². The Morgan fingerprint density at radius 3 is 2.83 bits per heavy atom. The Morgan fingerprint density at radius 2 is 2.17 bits per heavy atom. The van der Waals surface area contributed by atoms with Gasteiger partial charge in [0.2, 0.25) is 5.91 Å². The van der Waals surface area contributed by atoms with E-state index in [2.05, 4.69) is 5.32 Å². The topological polar surface area (TPSA) is 32.3 Å². The number of carbonyl (C=O) groups is 1. The van der Waals surface area contributed by atoms with Gasteiger partial charge in [0.05, 0.1) is 5.56 Å². The van der Waals surface area contributed by atoms with Crippen LogP contribution in [-0.4, -0.2) is 37.5 Å². The van der Waals surface area contributed by atoms with Crippen molar-refractivity contribution in [2.24, 2.45) is 5.92 Å². The zero-order valence-electron chi connectivity index (χ0n) is 13.5. The Morgan fingerprint density at radius 1 is 1.43 bits per heavy atom. The van der Waals surface area contributed by atoms with Crippen molar-refractivity contribution < 1.29 is 18.0 Å². The molecule has 1 aliphatic rings. The van der Waals surface area contributed by atoms with E-state index in [-0.39, 0.29) is 18.2 Å². The maximum absolute atomic E-state index is 12.8. The van der Waals surface area contributed by atoms with Gasteiger partial charge in [0, 0.05) is 19.5 Å². The number of likely N-dealkylation sites (tertiary alicyclic amines) is 1. The number of nitrogens with one attached hydrogen (secondary N) is 1. The van der Waals surface area contributed by atoms with Gasteiger partial charge in [-0.25, -0.2) is 0 Å². The van der Waals surface area contributed by atoms with Crippen LogP contribution >= 0.6 is 0 Å². The SMILES string of the molecule is CNCC1CCN(C(=O)CC(C)c2cccc(C(F)(F)F)c2)C1. The van der Waals surface area contributed by atoms with Gasteiger partial charge >= 0.3 is 6.18 Å². The van der Waals surface area contributed by atoms with Crippen LogP contribution in [0.3, 0.4) is 0 Å². The molecular formula is C17H23F3N2O. The molecule has 0 saturated carbocycles. The lowest BCUT2D eigenvalue weighted by Crippen LogP contribution is -2.31. The van der Waals surface area contributed by atoms with Gasteiger partial charge in [-0.05, 0) is 43.5 Å². The van der Waals surface area contributed by atoms with Crippen LogP contribution in [0, 0.1) is 5.92 Å². The molecule has 1 fully saturated rings. The number of hydrogen-bond donors (Lipinski definition) is 1. The van der Waals surface area contributed by atoms with Crippen LogP contribution in [0.2, 0.25) is 0 Å². The van der Waals surface area contributed by atoms with Gasteiger partial charge < -0.3 is 10.2 Å². The summed E-state index contributed by atoms with van der Waals surface area (Å²) in [6.45, 7) is 4.15. The van der Waals surface area contributed by atoms with Crippen molar-refractivity contribution in [3.05, 3.63) is 35.4 Å². The molecule has 128 valence electrons. The van der Waals surface area contributed by atoms with E-state index in [9.17, 15) is 18.0 Å². The van der Waals surface area contributed by atoms with Gasteiger partial charge in [0.15, 0.2) is 0 Å². The quantitative estimate of drug-likeness (QED) is 0.900. The molecule has 0 radical (unpaired) electrons. The number of nitrogens with zero attached hydrogens (tertiary/aromatic N) is 1. The average Bonchev–Trinajstić information content (AvgIpc) is 2.95. The summed E-state index contributed by atoms with van der Waals surface area (Å²) in [4.78, 5) is 14.2. The summed E-state index contributed by atoms with van der Waals surface area (Å²) in [5.74, 6) is 0.259. The molecule has 2 rings (SSSR count). The molecule has 0 aliphatic carbocycles. The van der Waals surface area contributed by atoms with Crippen LogP contribution in [-0.2, 0) is 11.0 Å². The van der Waals surface area contributed by atoms with Crippen molar-refractivity contribution in [1.29, 1.82) is 0 Å². The summed E-state index contributed by atoms with van der Waals surface area (Å²) >= 11 is 0. The Balaban J connectivity index is 1.97. The molecule has 23 heavy (non-hydrogen) atoms. The number of carbonyl (C=O) groups excluding carboxylic acids is 1. The zero-order chi connectivity index (χ0) is 17.0. The Bertz CT molecular complexity index is 545. The van der Waals surface area contributed by atoms with E-state index >= 15 is 0 Å². The third kappa shape index (κ3) is 4.70. The van der Waals surface area contributed by atoms with Crippen molar-refractivity contribution in [2.75, 3.05) is 26.7 Å². The van der Waals surface area contributed by atoms with Crippen molar-refractivity contribution in [1.82, 2.24) is 10.2 Å². The summed E-state index contributed by atoms with van der Waals surface area (Å²) in [6.07, 6.45) is -3.13. The smallest absolute Gasteiger partial charge is 0.342 e.